The lowest BCUT2D eigenvalue weighted by molar-refractivity contribution is 0.0751. The van der Waals surface area contributed by atoms with Crippen molar-refractivity contribution in [1.82, 2.24) is 9.47 Å². The molecule has 0 aliphatic carbocycles. The van der Waals surface area contributed by atoms with Crippen LogP contribution in [0.15, 0.2) is 77.7 Å². The van der Waals surface area contributed by atoms with E-state index in [1.165, 1.54) is 11.3 Å². The summed E-state index contributed by atoms with van der Waals surface area (Å²) in [6, 6.07) is 21.5. The zero-order valence-corrected chi connectivity index (χ0v) is 19.3. The van der Waals surface area contributed by atoms with Gasteiger partial charge in [0.05, 0.1) is 29.6 Å². The van der Waals surface area contributed by atoms with Crippen molar-refractivity contribution in [2.75, 3.05) is 38.2 Å². The second kappa shape index (κ2) is 9.11. The van der Waals surface area contributed by atoms with Crippen molar-refractivity contribution in [3.05, 3.63) is 93.7 Å². The van der Waals surface area contributed by atoms with E-state index in [0.717, 1.165) is 34.8 Å². The lowest BCUT2D eigenvalue weighted by Crippen LogP contribution is -2.48. The molecule has 5 rings (SSSR count). The number of carbonyl (C=O) groups is 1. The molecule has 2 aromatic heterocycles. The Bertz CT molecular complexity index is 1340. The highest BCUT2D eigenvalue weighted by Crippen LogP contribution is 2.29. The molecule has 0 radical (unpaired) electrons. The maximum atomic E-state index is 13.2. The number of amides is 1. The van der Waals surface area contributed by atoms with Gasteiger partial charge in [-0.25, -0.2) is 0 Å². The Kier molecular flexibility index (Phi) is 5.88. The number of pyridine rings is 1. The highest BCUT2D eigenvalue weighted by atomic mass is 32.1. The zero-order chi connectivity index (χ0) is 22.8. The highest BCUT2D eigenvalue weighted by molar-refractivity contribution is 7.20. The Morgan fingerprint density at radius 2 is 1.70 bits per heavy atom. The molecule has 1 amide bonds. The van der Waals surface area contributed by atoms with Crippen molar-refractivity contribution < 1.29 is 9.53 Å². The summed E-state index contributed by atoms with van der Waals surface area (Å²) in [5, 5.41) is 0.606. The van der Waals surface area contributed by atoms with Gasteiger partial charge in [0.15, 0.2) is 0 Å². The normalized spacial score (nSPS) is 14.0. The van der Waals surface area contributed by atoms with Crippen molar-refractivity contribution in [2.24, 2.45) is 0 Å². The molecule has 2 aromatic carbocycles. The lowest BCUT2D eigenvalue weighted by Gasteiger charge is -2.36. The van der Waals surface area contributed by atoms with E-state index in [2.05, 4.69) is 4.90 Å². The van der Waals surface area contributed by atoms with Crippen LogP contribution >= 0.6 is 11.3 Å². The number of nitrogens with zero attached hydrogens (tertiary/aromatic N) is 3. The van der Waals surface area contributed by atoms with Crippen LogP contribution in [0.1, 0.15) is 15.2 Å². The first-order valence-corrected chi connectivity index (χ1v) is 11.8. The topological polar surface area (TPSA) is 54.8 Å². The van der Waals surface area contributed by atoms with E-state index in [4.69, 9.17) is 4.74 Å². The first kappa shape index (κ1) is 21.3. The van der Waals surface area contributed by atoms with Crippen LogP contribution < -0.4 is 15.2 Å². The van der Waals surface area contributed by atoms with Crippen molar-refractivity contribution in [1.29, 1.82) is 0 Å². The van der Waals surface area contributed by atoms with Gasteiger partial charge in [-0.3, -0.25) is 9.59 Å². The van der Waals surface area contributed by atoms with Gasteiger partial charge in [0, 0.05) is 37.1 Å². The summed E-state index contributed by atoms with van der Waals surface area (Å²) in [6.45, 7) is 3.24. The van der Waals surface area contributed by atoms with Gasteiger partial charge in [-0.2, -0.15) is 0 Å². The number of para-hydroxylation sites is 2. The molecule has 0 unspecified atom stereocenters. The summed E-state index contributed by atoms with van der Waals surface area (Å²) < 4.78 is 8.03. The molecule has 4 aromatic rings. The van der Waals surface area contributed by atoms with Crippen molar-refractivity contribution in [3.63, 3.8) is 0 Å². The third kappa shape index (κ3) is 4.24. The van der Waals surface area contributed by atoms with E-state index < -0.39 is 0 Å². The third-order valence-corrected chi connectivity index (χ3v) is 7.15. The van der Waals surface area contributed by atoms with Gasteiger partial charge in [0.1, 0.15) is 5.75 Å². The average molecular weight is 460 g/mol. The third-order valence-electron chi connectivity index (χ3n) is 6.06. The highest BCUT2D eigenvalue weighted by Gasteiger charge is 2.25. The minimum Gasteiger partial charge on any atom is -0.495 e. The molecule has 0 bridgehead atoms. The summed E-state index contributed by atoms with van der Waals surface area (Å²) in [5.74, 6) is 0.832. The van der Waals surface area contributed by atoms with Gasteiger partial charge in [0.2, 0.25) is 0 Å². The number of hydrogen-bond acceptors (Lipinski definition) is 5. The molecule has 33 heavy (non-hydrogen) atoms. The lowest BCUT2D eigenvalue weighted by atomic mass is 10.2. The fourth-order valence-electron chi connectivity index (χ4n) is 4.28. The van der Waals surface area contributed by atoms with Gasteiger partial charge in [-0.1, -0.05) is 42.5 Å². The standard InChI is InChI=1S/C26H25N3O3S/c1-32-22-10-6-5-9-21(22)27-13-15-28(16-14-27)26(31)24-17-20-23(33-24)11-12-29(25(20)30)18-19-7-3-2-4-8-19/h2-12,17H,13-16,18H2,1H3. The number of methoxy groups -OCH3 is 1. The number of thiophene rings is 1. The largest absolute Gasteiger partial charge is 0.495 e. The van der Waals surface area contributed by atoms with Crippen molar-refractivity contribution in [3.8, 4) is 5.75 Å². The van der Waals surface area contributed by atoms with Crippen LogP contribution in [0.4, 0.5) is 5.69 Å². The first-order chi connectivity index (χ1) is 16.1. The van der Waals surface area contributed by atoms with Gasteiger partial charge < -0.3 is 19.1 Å². The molecule has 0 spiro atoms. The van der Waals surface area contributed by atoms with E-state index in [-0.39, 0.29) is 11.5 Å². The van der Waals surface area contributed by atoms with Crippen LogP contribution in [0.3, 0.4) is 0 Å². The molecular weight excluding hydrogens is 434 g/mol. The summed E-state index contributed by atoms with van der Waals surface area (Å²) in [4.78, 5) is 31.0. The van der Waals surface area contributed by atoms with Gasteiger partial charge >= 0.3 is 0 Å². The quantitative estimate of drug-likeness (QED) is 0.451. The number of carbonyl (C=O) groups excluding carboxylic acids is 1. The summed E-state index contributed by atoms with van der Waals surface area (Å²) in [6.07, 6.45) is 1.81. The van der Waals surface area contributed by atoms with Crippen LogP contribution in [0.2, 0.25) is 0 Å². The number of ether oxygens (including phenoxy) is 1. The first-order valence-electron chi connectivity index (χ1n) is 11.0. The van der Waals surface area contributed by atoms with Crippen LogP contribution in [-0.4, -0.2) is 48.7 Å². The van der Waals surface area contributed by atoms with Crippen LogP contribution in [0.5, 0.6) is 5.75 Å². The van der Waals surface area contributed by atoms with Gasteiger partial charge in [-0.05, 0) is 29.8 Å². The van der Waals surface area contributed by atoms with Crippen molar-refractivity contribution in [2.45, 2.75) is 6.54 Å². The molecule has 1 aliphatic heterocycles. The fourth-order valence-corrected chi connectivity index (χ4v) is 5.30. The monoisotopic (exact) mass is 459 g/mol. The van der Waals surface area contributed by atoms with E-state index in [1.807, 2.05) is 71.8 Å². The fraction of sp³-hybridized carbons (Fsp3) is 0.231. The zero-order valence-electron chi connectivity index (χ0n) is 18.4. The number of aromatic nitrogens is 1. The second-order valence-electron chi connectivity index (χ2n) is 8.07. The Morgan fingerprint density at radius 3 is 2.45 bits per heavy atom. The summed E-state index contributed by atoms with van der Waals surface area (Å²) in [7, 11) is 1.67. The molecule has 6 nitrogen and oxygen atoms in total. The van der Waals surface area contributed by atoms with E-state index in [1.54, 1.807) is 17.7 Å². The van der Waals surface area contributed by atoms with E-state index in [9.17, 15) is 9.59 Å². The molecule has 0 N–H and O–H groups in total. The molecule has 7 heteroatoms. The molecule has 0 atom stereocenters. The number of hydrogen-bond donors (Lipinski definition) is 0. The predicted octanol–water partition coefficient (Wildman–Crippen LogP) is 4.08. The number of fused-ring (bicyclic) bond motifs is 1. The predicted molar refractivity (Wildman–Crippen MR) is 133 cm³/mol. The Morgan fingerprint density at radius 1 is 0.970 bits per heavy atom. The summed E-state index contributed by atoms with van der Waals surface area (Å²) >= 11 is 1.39. The molecule has 0 saturated carbocycles. The van der Waals surface area contributed by atoms with Crippen LogP contribution in [0, 0.1) is 0 Å². The molecule has 3 heterocycles. The van der Waals surface area contributed by atoms with Crippen LogP contribution in [-0.2, 0) is 6.54 Å². The maximum absolute atomic E-state index is 13.2. The SMILES string of the molecule is COc1ccccc1N1CCN(C(=O)c2cc3c(=O)n(Cc4ccccc4)ccc3s2)CC1. The number of rotatable bonds is 5. The smallest absolute Gasteiger partial charge is 0.264 e. The van der Waals surface area contributed by atoms with E-state index in [0.29, 0.717) is 29.9 Å². The van der Waals surface area contributed by atoms with Gasteiger partial charge in [0.25, 0.3) is 11.5 Å². The molecule has 1 aliphatic rings. The maximum Gasteiger partial charge on any atom is 0.264 e. The Balaban J connectivity index is 1.32. The van der Waals surface area contributed by atoms with Crippen LogP contribution in [0.25, 0.3) is 10.1 Å². The number of benzene rings is 2. The molecule has 1 saturated heterocycles. The van der Waals surface area contributed by atoms with Gasteiger partial charge in [-0.15, -0.1) is 11.3 Å². The molecular formula is C26H25N3O3S. The number of anilines is 1. The average Bonchev–Trinajstić information content (AvgIpc) is 3.31. The second-order valence-corrected chi connectivity index (χ2v) is 9.16. The Hall–Kier alpha value is -3.58. The Labute approximate surface area is 196 Å². The van der Waals surface area contributed by atoms with E-state index >= 15 is 0 Å². The molecule has 1 fully saturated rings. The van der Waals surface area contributed by atoms with Crippen molar-refractivity contribution >= 4 is 33.0 Å². The summed E-state index contributed by atoms with van der Waals surface area (Å²) in [5.41, 5.74) is 2.05. The minimum atomic E-state index is -0.0624. The number of piperazine rings is 1. The molecule has 168 valence electrons. The minimum absolute atomic E-state index is 0.00936.